The zero-order chi connectivity index (χ0) is 21.0. The summed E-state index contributed by atoms with van der Waals surface area (Å²) in [6.45, 7) is 3.57. The van der Waals surface area contributed by atoms with Crippen molar-refractivity contribution in [3.05, 3.63) is 29.8 Å². The number of piperidine rings is 2. The van der Waals surface area contributed by atoms with Crippen LogP contribution in [0, 0.1) is 0 Å². The number of anilines is 4. The number of nitrogens with one attached hydrogen (secondary N) is 2. The van der Waals surface area contributed by atoms with E-state index in [-0.39, 0.29) is 5.69 Å². The van der Waals surface area contributed by atoms with E-state index in [4.69, 9.17) is 4.98 Å². The summed E-state index contributed by atoms with van der Waals surface area (Å²) in [6, 6.07) is 5.00. The van der Waals surface area contributed by atoms with Crippen LogP contribution in [0.4, 0.5) is 36.7 Å². The Morgan fingerprint density at radius 1 is 0.733 bits per heavy atom. The Morgan fingerprint density at radius 2 is 1.30 bits per heavy atom. The molecule has 2 aromatic rings. The van der Waals surface area contributed by atoms with Gasteiger partial charge >= 0.3 is 6.18 Å². The number of rotatable bonds is 5. The van der Waals surface area contributed by atoms with E-state index < -0.39 is 11.7 Å². The van der Waals surface area contributed by atoms with Crippen LogP contribution >= 0.6 is 0 Å². The molecule has 162 valence electrons. The van der Waals surface area contributed by atoms with Crippen LogP contribution in [0.1, 0.15) is 44.1 Å². The molecule has 0 radical (unpaired) electrons. The van der Waals surface area contributed by atoms with Gasteiger partial charge in [0.15, 0.2) is 0 Å². The second kappa shape index (κ2) is 8.93. The van der Waals surface area contributed by atoms with Gasteiger partial charge in [-0.15, -0.1) is 0 Å². The average Bonchev–Trinajstić information content (AvgIpc) is 2.78. The van der Waals surface area contributed by atoms with E-state index in [9.17, 15) is 13.2 Å². The van der Waals surface area contributed by atoms with E-state index in [0.717, 1.165) is 64.0 Å². The summed E-state index contributed by atoms with van der Waals surface area (Å²) in [5.74, 6) is 1.51. The molecule has 1 aromatic carbocycles. The van der Waals surface area contributed by atoms with Crippen LogP contribution in [0.2, 0.25) is 0 Å². The van der Waals surface area contributed by atoms with Crippen molar-refractivity contribution in [2.75, 3.05) is 46.8 Å². The van der Waals surface area contributed by atoms with Gasteiger partial charge < -0.3 is 9.80 Å². The fourth-order valence-electron chi connectivity index (χ4n) is 3.78. The van der Waals surface area contributed by atoms with Crippen LogP contribution < -0.4 is 20.7 Å². The normalized spacial score (nSPS) is 17.7. The van der Waals surface area contributed by atoms with Gasteiger partial charge in [0.05, 0.1) is 11.3 Å². The highest BCUT2D eigenvalue weighted by Crippen LogP contribution is 2.30. The molecule has 3 heterocycles. The van der Waals surface area contributed by atoms with Crippen molar-refractivity contribution in [1.29, 1.82) is 0 Å². The van der Waals surface area contributed by atoms with Crippen LogP contribution in [-0.4, -0.2) is 41.1 Å². The van der Waals surface area contributed by atoms with E-state index in [1.165, 1.54) is 18.9 Å². The number of hydrazine groups is 1. The van der Waals surface area contributed by atoms with E-state index in [2.05, 4.69) is 30.6 Å². The lowest BCUT2D eigenvalue weighted by atomic mass is 10.1. The molecule has 7 nitrogen and oxygen atoms in total. The molecule has 0 amide bonds. The molecule has 1 aromatic heterocycles. The molecule has 10 heteroatoms. The number of alkyl halides is 3. The lowest BCUT2D eigenvalue weighted by Crippen LogP contribution is -2.34. The highest BCUT2D eigenvalue weighted by molar-refractivity contribution is 5.52. The first kappa shape index (κ1) is 20.5. The lowest BCUT2D eigenvalue weighted by molar-refractivity contribution is -0.137. The molecule has 0 unspecified atom stereocenters. The van der Waals surface area contributed by atoms with Crippen LogP contribution in [0.3, 0.4) is 0 Å². The summed E-state index contributed by atoms with van der Waals surface area (Å²) in [5.41, 5.74) is 5.23. The van der Waals surface area contributed by atoms with Gasteiger partial charge in [-0.25, -0.2) is 0 Å². The molecule has 2 fully saturated rings. The maximum Gasteiger partial charge on any atom is 0.416 e. The SMILES string of the molecule is FC(F)(F)c1cccc(NNc2nc(N3CCCCC3)nc(N3CCCCC3)n2)c1. The molecule has 0 atom stereocenters. The second-order valence-electron chi connectivity index (χ2n) is 7.68. The molecule has 0 aliphatic carbocycles. The van der Waals surface area contributed by atoms with Crippen molar-refractivity contribution in [3.63, 3.8) is 0 Å². The minimum absolute atomic E-state index is 0.282. The average molecular weight is 421 g/mol. The van der Waals surface area contributed by atoms with Gasteiger partial charge in [0.25, 0.3) is 0 Å². The monoisotopic (exact) mass is 421 g/mol. The Kier molecular flexibility index (Phi) is 6.10. The Hall–Kier alpha value is -2.78. The van der Waals surface area contributed by atoms with E-state index in [1.807, 2.05) is 0 Å². The van der Waals surface area contributed by atoms with Crippen LogP contribution in [0.5, 0.6) is 0 Å². The fraction of sp³-hybridized carbons (Fsp3) is 0.550. The van der Waals surface area contributed by atoms with E-state index >= 15 is 0 Å². The molecule has 4 rings (SSSR count). The first-order valence-electron chi connectivity index (χ1n) is 10.4. The number of aromatic nitrogens is 3. The van der Waals surface area contributed by atoms with Crippen molar-refractivity contribution in [3.8, 4) is 0 Å². The van der Waals surface area contributed by atoms with Crippen molar-refractivity contribution in [2.45, 2.75) is 44.7 Å². The molecule has 0 saturated carbocycles. The smallest absolute Gasteiger partial charge is 0.341 e. The van der Waals surface area contributed by atoms with Gasteiger partial charge in [0, 0.05) is 26.2 Å². The fourth-order valence-corrected chi connectivity index (χ4v) is 3.78. The summed E-state index contributed by atoms with van der Waals surface area (Å²) < 4.78 is 38.9. The molecule has 2 N–H and O–H groups in total. The maximum absolute atomic E-state index is 13.0. The molecule has 0 bridgehead atoms. The predicted octanol–water partition coefficient (Wildman–Crippen LogP) is 4.31. The Labute approximate surface area is 173 Å². The summed E-state index contributed by atoms with van der Waals surface area (Å²) in [4.78, 5) is 18.0. The molecule has 30 heavy (non-hydrogen) atoms. The zero-order valence-electron chi connectivity index (χ0n) is 16.8. The lowest BCUT2D eigenvalue weighted by Gasteiger charge is -2.30. The van der Waals surface area contributed by atoms with Crippen molar-refractivity contribution >= 4 is 23.5 Å². The summed E-state index contributed by atoms with van der Waals surface area (Å²) >= 11 is 0. The molecule has 0 spiro atoms. The minimum Gasteiger partial charge on any atom is -0.341 e. The van der Waals surface area contributed by atoms with Gasteiger partial charge in [-0.1, -0.05) is 6.07 Å². The van der Waals surface area contributed by atoms with Gasteiger partial charge in [-0.2, -0.15) is 28.1 Å². The number of benzene rings is 1. The number of hydrogen-bond acceptors (Lipinski definition) is 7. The standard InChI is InChI=1S/C20H26F3N7/c21-20(22,23)15-8-7-9-16(14-15)27-28-17-24-18(29-10-3-1-4-11-29)26-19(25-17)30-12-5-2-6-13-30/h7-9,14,27H,1-6,10-13H2,(H,24,25,26,28). The highest BCUT2D eigenvalue weighted by atomic mass is 19.4. The van der Waals surface area contributed by atoms with Crippen molar-refractivity contribution < 1.29 is 13.2 Å². The van der Waals surface area contributed by atoms with Crippen LogP contribution in [-0.2, 0) is 6.18 Å². The zero-order valence-corrected chi connectivity index (χ0v) is 16.8. The number of nitrogens with zero attached hydrogens (tertiary/aromatic N) is 5. The summed E-state index contributed by atoms with van der Waals surface area (Å²) in [6.07, 6.45) is 2.37. The van der Waals surface area contributed by atoms with Crippen molar-refractivity contribution in [1.82, 2.24) is 15.0 Å². The summed E-state index contributed by atoms with van der Waals surface area (Å²) in [7, 11) is 0. The Balaban J connectivity index is 1.55. The third-order valence-corrected chi connectivity index (χ3v) is 5.40. The van der Waals surface area contributed by atoms with Crippen molar-refractivity contribution in [2.24, 2.45) is 0 Å². The minimum atomic E-state index is -4.40. The first-order valence-corrected chi connectivity index (χ1v) is 10.4. The number of halogens is 3. The van der Waals surface area contributed by atoms with Gasteiger partial charge in [0.2, 0.25) is 17.8 Å². The first-order chi connectivity index (χ1) is 14.5. The Bertz CT molecular complexity index is 810. The topological polar surface area (TPSA) is 69.2 Å². The molecule has 2 aliphatic rings. The second-order valence-corrected chi connectivity index (χ2v) is 7.68. The molecule has 2 saturated heterocycles. The molecular formula is C20H26F3N7. The molecule has 2 aliphatic heterocycles. The largest absolute Gasteiger partial charge is 0.416 e. The van der Waals surface area contributed by atoms with Crippen LogP contribution in [0.25, 0.3) is 0 Å². The quantitative estimate of drug-likeness (QED) is 0.697. The van der Waals surface area contributed by atoms with Crippen LogP contribution in [0.15, 0.2) is 24.3 Å². The number of hydrogen-bond donors (Lipinski definition) is 2. The third-order valence-electron chi connectivity index (χ3n) is 5.40. The predicted molar refractivity (Wildman–Crippen MR) is 111 cm³/mol. The van der Waals surface area contributed by atoms with Gasteiger partial charge in [0.1, 0.15) is 0 Å². The molecular weight excluding hydrogens is 395 g/mol. The van der Waals surface area contributed by atoms with Gasteiger partial charge in [-0.05, 0) is 56.7 Å². The van der Waals surface area contributed by atoms with Gasteiger partial charge in [-0.3, -0.25) is 10.9 Å². The summed E-state index contributed by atoms with van der Waals surface area (Å²) in [5, 5.41) is 0. The third kappa shape index (κ3) is 5.03. The highest BCUT2D eigenvalue weighted by Gasteiger charge is 2.30. The maximum atomic E-state index is 13.0. The van der Waals surface area contributed by atoms with E-state index in [0.29, 0.717) is 17.8 Å². The Morgan fingerprint density at radius 3 is 1.83 bits per heavy atom. The van der Waals surface area contributed by atoms with E-state index in [1.54, 1.807) is 6.07 Å².